The first kappa shape index (κ1) is 22.3. The number of amides is 1. The van der Waals surface area contributed by atoms with Crippen LogP contribution in [0.25, 0.3) is 5.65 Å². The van der Waals surface area contributed by atoms with Crippen LogP contribution in [0.2, 0.25) is 0 Å². The number of nitrogens with zero attached hydrogens (tertiary/aromatic N) is 3. The number of ether oxygens (including phenoxy) is 2. The van der Waals surface area contributed by atoms with E-state index in [0.29, 0.717) is 30.0 Å². The van der Waals surface area contributed by atoms with Gasteiger partial charge in [0.1, 0.15) is 23.3 Å². The van der Waals surface area contributed by atoms with Crippen LogP contribution < -0.4 is 15.6 Å². The van der Waals surface area contributed by atoms with Gasteiger partial charge in [-0.15, -0.1) is 0 Å². The molecule has 3 atom stereocenters. The van der Waals surface area contributed by atoms with E-state index >= 15 is 0 Å². The first-order valence-corrected chi connectivity index (χ1v) is 12.2. The van der Waals surface area contributed by atoms with Crippen molar-refractivity contribution in [2.75, 3.05) is 11.9 Å². The van der Waals surface area contributed by atoms with Crippen molar-refractivity contribution in [1.82, 2.24) is 14.0 Å². The number of imidazole rings is 1. The van der Waals surface area contributed by atoms with E-state index in [1.165, 1.54) is 10.6 Å². The molecule has 2 aliphatic heterocycles. The van der Waals surface area contributed by atoms with E-state index in [-0.39, 0.29) is 22.8 Å². The van der Waals surface area contributed by atoms with Crippen LogP contribution in [0.5, 0.6) is 5.75 Å². The number of carbonyl (C=O) groups excluding carboxylic acids is 1. The molecule has 2 saturated carbocycles. The number of hydrogen-bond donors (Lipinski definition) is 1. The predicted octanol–water partition coefficient (Wildman–Crippen LogP) is 4.03. The Hall–Kier alpha value is -3.20. The lowest BCUT2D eigenvalue weighted by Gasteiger charge is -2.41. The number of hydrogen-bond acceptors (Lipinski definition) is 5. The summed E-state index contributed by atoms with van der Waals surface area (Å²) in [5, 5.41) is 2.71. The molecule has 5 heterocycles. The molecule has 7 rings (SSSR count). The minimum Gasteiger partial charge on any atom is -0.490 e. The smallest absolute Gasteiger partial charge is 0.274 e. The molecule has 2 saturated heterocycles. The number of aromatic nitrogens is 3. The quantitative estimate of drug-likeness (QED) is 0.552. The van der Waals surface area contributed by atoms with Gasteiger partial charge < -0.3 is 23.8 Å². The summed E-state index contributed by atoms with van der Waals surface area (Å²) in [5.41, 5.74) is 1.49. The SMILES string of the molecule is CC[C@H](C)Oc1cc2nc(C34COC(C)(C3)C4)cn2cc1C(=O)Nc1cccn([C@@H]2C[C@@H]2F)c1=O. The van der Waals surface area contributed by atoms with Crippen LogP contribution in [-0.4, -0.2) is 44.3 Å². The molecule has 0 radical (unpaired) electrons. The van der Waals surface area contributed by atoms with Crippen molar-refractivity contribution in [3.05, 3.63) is 58.4 Å². The van der Waals surface area contributed by atoms with Crippen LogP contribution in [0.15, 0.2) is 41.6 Å². The maximum Gasteiger partial charge on any atom is 0.274 e. The fourth-order valence-corrected chi connectivity index (χ4v) is 5.49. The number of pyridine rings is 2. The second-order valence-corrected chi connectivity index (χ2v) is 10.6. The van der Waals surface area contributed by atoms with E-state index in [4.69, 9.17) is 14.5 Å². The Morgan fingerprint density at radius 1 is 1.40 bits per heavy atom. The van der Waals surface area contributed by atoms with Gasteiger partial charge in [0, 0.05) is 36.5 Å². The summed E-state index contributed by atoms with van der Waals surface area (Å²) >= 11 is 0. The van der Waals surface area contributed by atoms with Gasteiger partial charge in [-0.2, -0.15) is 0 Å². The van der Waals surface area contributed by atoms with E-state index < -0.39 is 23.7 Å². The second-order valence-electron chi connectivity index (χ2n) is 10.6. The van der Waals surface area contributed by atoms with Crippen molar-refractivity contribution in [3.8, 4) is 5.75 Å². The number of anilines is 1. The Kier molecular flexibility index (Phi) is 4.87. The van der Waals surface area contributed by atoms with Gasteiger partial charge >= 0.3 is 0 Å². The Labute approximate surface area is 202 Å². The lowest BCUT2D eigenvalue weighted by atomic mass is 9.62. The highest BCUT2D eigenvalue weighted by atomic mass is 19.1. The van der Waals surface area contributed by atoms with Crippen molar-refractivity contribution in [2.24, 2.45) is 0 Å². The van der Waals surface area contributed by atoms with Crippen LogP contribution in [0.3, 0.4) is 0 Å². The number of halogens is 1. The number of alkyl halides is 1. The van der Waals surface area contributed by atoms with Crippen molar-refractivity contribution in [1.29, 1.82) is 0 Å². The summed E-state index contributed by atoms with van der Waals surface area (Å²) in [6.45, 7) is 6.72. The molecular formula is C26H29FN4O4. The zero-order valence-electron chi connectivity index (χ0n) is 20.1. The van der Waals surface area contributed by atoms with Gasteiger partial charge in [0.2, 0.25) is 0 Å². The Bertz CT molecular complexity index is 1390. The molecule has 1 amide bonds. The largest absolute Gasteiger partial charge is 0.490 e. The molecular weight excluding hydrogens is 451 g/mol. The standard InChI is InChI=1S/C26H29FN4O4/c1-4-15(2)35-20-9-22-29-21(26-12-25(3,13-26)34-14-26)11-30(22)10-16(20)23(32)28-18-6-5-7-31(24(18)33)19-8-17(19)27/h5-7,9-11,15,17,19H,4,8,12-14H2,1-3H3,(H,28,32)/t15-,17-,19+,25?,26?/m0/s1. The molecule has 0 spiro atoms. The summed E-state index contributed by atoms with van der Waals surface area (Å²) < 4.78 is 28.8. The molecule has 1 N–H and O–H groups in total. The first-order valence-electron chi connectivity index (χ1n) is 12.2. The topological polar surface area (TPSA) is 86.9 Å². The summed E-state index contributed by atoms with van der Waals surface area (Å²) in [7, 11) is 0. The van der Waals surface area contributed by atoms with Crippen molar-refractivity contribution >= 4 is 17.2 Å². The average molecular weight is 481 g/mol. The van der Waals surface area contributed by atoms with Crippen LogP contribution in [-0.2, 0) is 10.2 Å². The summed E-state index contributed by atoms with van der Waals surface area (Å²) in [4.78, 5) is 31.0. The first-order chi connectivity index (χ1) is 16.7. The third kappa shape index (κ3) is 3.64. The monoisotopic (exact) mass is 480 g/mol. The fourth-order valence-electron chi connectivity index (χ4n) is 5.49. The second kappa shape index (κ2) is 7.65. The zero-order valence-corrected chi connectivity index (χ0v) is 20.1. The molecule has 9 heteroatoms. The Morgan fingerprint density at radius 3 is 2.83 bits per heavy atom. The van der Waals surface area contributed by atoms with E-state index in [1.54, 1.807) is 24.5 Å². The number of rotatable bonds is 7. The molecule has 35 heavy (non-hydrogen) atoms. The van der Waals surface area contributed by atoms with Gasteiger partial charge in [0.15, 0.2) is 0 Å². The van der Waals surface area contributed by atoms with E-state index in [0.717, 1.165) is 25.0 Å². The van der Waals surface area contributed by atoms with E-state index in [2.05, 4.69) is 12.2 Å². The molecule has 8 nitrogen and oxygen atoms in total. The van der Waals surface area contributed by atoms with Gasteiger partial charge in [0.05, 0.1) is 35.6 Å². The highest BCUT2D eigenvalue weighted by Gasteiger charge is 2.61. The van der Waals surface area contributed by atoms with Crippen molar-refractivity contribution in [2.45, 2.75) is 75.8 Å². The minimum absolute atomic E-state index is 0.0586. The molecule has 3 aromatic heterocycles. The molecule has 0 aromatic carbocycles. The average Bonchev–Trinajstić information content (AvgIpc) is 3.11. The summed E-state index contributed by atoms with van der Waals surface area (Å²) in [6.07, 6.45) is 7.03. The van der Waals surface area contributed by atoms with Crippen molar-refractivity contribution < 1.29 is 18.7 Å². The van der Waals surface area contributed by atoms with Gasteiger partial charge in [-0.05, 0) is 45.2 Å². The molecule has 184 valence electrons. The van der Waals surface area contributed by atoms with Gasteiger partial charge in [0.25, 0.3) is 11.5 Å². The highest BCUT2D eigenvalue weighted by molar-refractivity contribution is 6.06. The molecule has 2 bridgehead atoms. The van der Waals surface area contributed by atoms with Crippen LogP contribution in [0, 0.1) is 0 Å². The van der Waals surface area contributed by atoms with E-state index in [1.807, 2.05) is 24.4 Å². The third-order valence-corrected chi connectivity index (χ3v) is 7.63. The number of nitrogens with one attached hydrogen (secondary N) is 1. The van der Waals surface area contributed by atoms with Crippen LogP contribution in [0.4, 0.5) is 10.1 Å². The summed E-state index contributed by atoms with van der Waals surface area (Å²) in [5.74, 6) is -0.0659. The summed E-state index contributed by atoms with van der Waals surface area (Å²) in [6, 6.07) is 4.48. The number of fused-ring (bicyclic) bond motifs is 2. The zero-order chi connectivity index (χ0) is 24.5. The highest BCUT2D eigenvalue weighted by Crippen LogP contribution is 2.58. The lowest BCUT2D eigenvalue weighted by molar-refractivity contribution is 0.0154. The molecule has 3 aromatic rings. The predicted molar refractivity (Wildman–Crippen MR) is 128 cm³/mol. The molecule has 4 fully saturated rings. The van der Waals surface area contributed by atoms with Gasteiger partial charge in [-0.25, -0.2) is 9.37 Å². The Balaban J connectivity index is 1.35. The minimum atomic E-state index is -1.02. The van der Waals surface area contributed by atoms with Gasteiger partial charge in [-0.1, -0.05) is 6.92 Å². The number of carbonyl (C=O) groups is 1. The lowest BCUT2D eigenvalue weighted by Crippen LogP contribution is -2.45. The Morgan fingerprint density at radius 2 is 2.17 bits per heavy atom. The van der Waals surface area contributed by atoms with Crippen LogP contribution >= 0.6 is 0 Å². The molecule has 2 aliphatic carbocycles. The maximum absolute atomic E-state index is 13.5. The van der Waals surface area contributed by atoms with Crippen LogP contribution in [0.1, 0.15) is 68.5 Å². The van der Waals surface area contributed by atoms with E-state index in [9.17, 15) is 14.0 Å². The van der Waals surface area contributed by atoms with Gasteiger partial charge in [-0.3, -0.25) is 9.59 Å². The fraction of sp³-hybridized carbons (Fsp3) is 0.500. The normalized spacial score (nSPS) is 29.6. The molecule has 0 unspecified atom stereocenters. The van der Waals surface area contributed by atoms with Crippen molar-refractivity contribution in [3.63, 3.8) is 0 Å². The third-order valence-electron chi connectivity index (χ3n) is 7.63. The maximum atomic E-state index is 13.5. The molecule has 4 aliphatic rings.